The summed E-state index contributed by atoms with van der Waals surface area (Å²) in [4.78, 5) is 42.0. The topological polar surface area (TPSA) is 82.1 Å². The van der Waals surface area contributed by atoms with Crippen molar-refractivity contribution in [1.29, 1.82) is 0 Å². The standard InChI is InChI=1S/C31H33NO6/c1-30(2,3)38-25(33)20-31(4)28(34)37-27(24-18-12-7-13-19-24)26(23-16-10-6-11-17-23)32(31)29(35)36-21-22-14-8-5-9-15-22/h5-19,26-27H,20-21H2,1-4H3/t26-,27+,31+/m1/s1. The average Bonchev–Trinajstić information content (AvgIpc) is 2.89. The molecule has 3 aromatic rings. The molecule has 1 heterocycles. The van der Waals surface area contributed by atoms with E-state index in [1.807, 2.05) is 91.0 Å². The fourth-order valence-electron chi connectivity index (χ4n) is 4.63. The van der Waals surface area contributed by atoms with Crippen molar-refractivity contribution in [3.05, 3.63) is 108 Å². The van der Waals surface area contributed by atoms with Gasteiger partial charge in [-0.1, -0.05) is 91.0 Å². The van der Waals surface area contributed by atoms with Gasteiger partial charge in [-0.25, -0.2) is 9.59 Å². The number of amides is 1. The van der Waals surface area contributed by atoms with Gasteiger partial charge in [0.1, 0.15) is 18.2 Å². The number of morpholine rings is 1. The monoisotopic (exact) mass is 515 g/mol. The summed E-state index contributed by atoms with van der Waals surface area (Å²) >= 11 is 0. The highest BCUT2D eigenvalue weighted by Crippen LogP contribution is 2.47. The molecule has 7 nitrogen and oxygen atoms in total. The molecule has 0 saturated carbocycles. The number of esters is 2. The van der Waals surface area contributed by atoms with Crippen molar-refractivity contribution >= 4 is 18.0 Å². The van der Waals surface area contributed by atoms with E-state index in [4.69, 9.17) is 14.2 Å². The molecule has 198 valence electrons. The van der Waals surface area contributed by atoms with E-state index in [-0.39, 0.29) is 6.61 Å². The predicted molar refractivity (Wildman–Crippen MR) is 142 cm³/mol. The molecule has 3 aromatic carbocycles. The van der Waals surface area contributed by atoms with E-state index in [0.717, 1.165) is 16.7 Å². The third kappa shape index (κ3) is 6.05. The van der Waals surface area contributed by atoms with Crippen LogP contribution in [0.4, 0.5) is 4.79 Å². The second-order valence-corrected chi connectivity index (χ2v) is 10.5. The van der Waals surface area contributed by atoms with Crippen LogP contribution < -0.4 is 0 Å². The third-order valence-electron chi connectivity index (χ3n) is 6.35. The van der Waals surface area contributed by atoms with E-state index in [0.29, 0.717) is 0 Å². The molecule has 0 unspecified atom stereocenters. The lowest BCUT2D eigenvalue weighted by Crippen LogP contribution is -2.63. The number of carbonyl (C=O) groups is 3. The van der Waals surface area contributed by atoms with E-state index >= 15 is 0 Å². The summed E-state index contributed by atoms with van der Waals surface area (Å²) in [6.07, 6.45) is -1.94. The van der Waals surface area contributed by atoms with Gasteiger partial charge in [-0.3, -0.25) is 9.69 Å². The van der Waals surface area contributed by atoms with Crippen molar-refractivity contribution in [2.75, 3.05) is 0 Å². The van der Waals surface area contributed by atoms with Gasteiger partial charge in [0.2, 0.25) is 0 Å². The predicted octanol–water partition coefficient (Wildman–Crippen LogP) is 6.16. The van der Waals surface area contributed by atoms with E-state index < -0.39 is 47.7 Å². The van der Waals surface area contributed by atoms with E-state index in [1.54, 1.807) is 20.8 Å². The van der Waals surface area contributed by atoms with Gasteiger partial charge in [-0.15, -0.1) is 0 Å². The van der Waals surface area contributed by atoms with Crippen LogP contribution in [-0.2, 0) is 30.4 Å². The summed E-state index contributed by atoms with van der Waals surface area (Å²) in [5.41, 5.74) is -0.196. The largest absolute Gasteiger partial charge is 0.460 e. The normalized spacial score (nSPS) is 21.4. The summed E-state index contributed by atoms with van der Waals surface area (Å²) in [6, 6.07) is 27.1. The summed E-state index contributed by atoms with van der Waals surface area (Å²) in [7, 11) is 0. The molecular formula is C31H33NO6. The van der Waals surface area contributed by atoms with Crippen LogP contribution in [0.5, 0.6) is 0 Å². The molecule has 0 aliphatic carbocycles. The molecule has 0 spiro atoms. The minimum absolute atomic E-state index is 0.00521. The van der Waals surface area contributed by atoms with Crippen LogP contribution in [0, 0.1) is 0 Å². The number of rotatable bonds is 6. The molecule has 1 amide bonds. The van der Waals surface area contributed by atoms with Gasteiger partial charge < -0.3 is 14.2 Å². The highest BCUT2D eigenvalue weighted by molar-refractivity contribution is 5.91. The molecule has 3 atom stereocenters. The zero-order valence-electron chi connectivity index (χ0n) is 22.1. The van der Waals surface area contributed by atoms with Gasteiger partial charge in [0.05, 0.1) is 6.42 Å². The zero-order valence-corrected chi connectivity index (χ0v) is 22.1. The number of hydrogen-bond acceptors (Lipinski definition) is 6. The third-order valence-corrected chi connectivity index (χ3v) is 6.35. The van der Waals surface area contributed by atoms with Crippen molar-refractivity contribution in [3.63, 3.8) is 0 Å². The Hall–Kier alpha value is -4.13. The SMILES string of the molecule is CC(C)(C)OC(=O)C[C@@]1(C)C(=O)O[C@@H](c2ccccc2)[C@@H](c2ccccc2)N1C(=O)OCc1ccccc1. The Balaban J connectivity index is 1.79. The van der Waals surface area contributed by atoms with Crippen molar-refractivity contribution in [2.45, 2.75) is 64.0 Å². The molecule has 0 N–H and O–H groups in total. The first-order valence-electron chi connectivity index (χ1n) is 12.6. The second-order valence-electron chi connectivity index (χ2n) is 10.5. The second kappa shape index (κ2) is 11.1. The van der Waals surface area contributed by atoms with Crippen molar-refractivity contribution < 1.29 is 28.6 Å². The molecular weight excluding hydrogens is 482 g/mol. The molecule has 1 saturated heterocycles. The molecule has 1 fully saturated rings. The maximum absolute atomic E-state index is 13.9. The highest BCUT2D eigenvalue weighted by Gasteiger charge is 2.57. The Morgan fingerprint density at radius 1 is 0.868 bits per heavy atom. The molecule has 38 heavy (non-hydrogen) atoms. The number of hydrogen-bond donors (Lipinski definition) is 0. The quantitative estimate of drug-likeness (QED) is 0.289. The van der Waals surface area contributed by atoms with Crippen LogP contribution in [0.2, 0.25) is 0 Å². The average molecular weight is 516 g/mol. The Kier molecular flexibility index (Phi) is 7.86. The molecule has 7 heteroatoms. The number of cyclic esters (lactones) is 1. The minimum Gasteiger partial charge on any atom is -0.460 e. The molecule has 0 aromatic heterocycles. The van der Waals surface area contributed by atoms with Gasteiger partial charge in [-0.2, -0.15) is 0 Å². The zero-order chi connectivity index (χ0) is 27.3. The van der Waals surface area contributed by atoms with Crippen LogP contribution in [0.1, 0.15) is 63.0 Å². The van der Waals surface area contributed by atoms with Crippen LogP contribution >= 0.6 is 0 Å². The van der Waals surface area contributed by atoms with Crippen LogP contribution in [-0.4, -0.2) is 34.1 Å². The number of nitrogens with zero attached hydrogens (tertiary/aromatic N) is 1. The van der Waals surface area contributed by atoms with Gasteiger partial charge >= 0.3 is 18.0 Å². The van der Waals surface area contributed by atoms with Crippen LogP contribution in [0.25, 0.3) is 0 Å². The number of ether oxygens (including phenoxy) is 3. The Morgan fingerprint density at radius 3 is 1.95 bits per heavy atom. The first kappa shape index (κ1) is 26.9. The van der Waals surface area contributed by atoms with Gasteiger partial charge in [0.15, 0.2) is 11.6 Å². The Bertz CT molecular complexity index is 1260. The molecule has 1 aliphatic rings. The van der Waals surface area contributed by atoms with Gasteiger partial charge in [0.25, 0.3) is 0 Å². The van der Waals surface area contributed by atoms with Crippen molar-refractivity contribution in [2.24, 2.45) is 0 Å². The van der Waals surface area contributed by atoms with Gasteiger partial charge in [0, 0.05) is 0 Å². The fraction of sp³-hybridized carbons (Fsp3) is 0.323. The lowest BCUT2D eigenvalue weighted by atomic mass is 9.85. The highest BCUT2D eigenvalue weighted by atomic mass is 16.6. The minimum atomic E-state index is -1.68. The summed E-state index contributed by atoms with van der Waals surface area (Å²) in [5.74, 6) is -1.33. The first-order valence-corrected chi connectivity index (χ1v) is 12.6. The summed E-state index contributed by atoms with van der Waals surface area (Å²) in [5, 5.41) is 0. The summed E-state index contributed by atoms with van der Waals surface area (Å²) < 4.78 is 17.3. The lowest BCUT2D eigenvalue weighted by Gasteiger charge is -2.49. The smallest absolute Gasteiger partial charge is 0.411 e. The van der Waals surface area contributed by atoms with E-state index in [1.165, 1.54) is 11.8 Å². The molecule has 0 radical (unpaired) electrons. The molecule has 0 bridgehead atoms. The van der Waals surface area contributed by atoms with Crippen LogP contribution in [0.3, 0.4) is 0 Å². The maximum Gasteiger partial charge on any atom is 0.411 e. The first-order chi connectivity index (χ1) is 18.1. The number of carbonyl (C=O) groups excluding carboxylic acids is 3. The number of benzene rings is 3. The van der Waals surface area contributed by atoms with Crippen LogP contribution in [0.15, 0.2) is 91.0 Å². The Morgan fingerprint density at radius 2 is 1.39 bits per heavy atom. The molecule has 1 aliphatic heterocycles. The fourth-order valence-corrected chi connectivity index (χ4v) is 4.63. The summed E-state index contributed by atoms with van der Waals surface area (Å²) in [6.45, 7) is 6.77. The maximum atomic E-state index is 13.9. The Labute approximate surface area is 223 Å². The van der Waals surface area contributed by atoms with Gasteiger partial charge in [-0.05, 0) is 44.4 Å². The molecule has 4 rings (SSSR count). The van der Waals surface area contributed by atoms with Crippen molar-refractivity contribution in [1.82, 2.24) is 4.90 Å². The van der Waals surface area contributed by atoms with E-state index in [9.17, 15) is 14.4 Å². The van der Waals surface area contributed by atoms with E-state index in [2.05, 4.69) is 0 Å². The lowest BCUT2D eigenvalue weighted by molar-refractivity contribution is -0.190. The van der Waals surface area contributed by atoms with Crippen molar-refractivity contribution in [3.8, 4) is 0 Å².